The van der Waals surface area contributed by atoms with Crippen LogP contribution in [0.2, 0.25) is 0 Å². The number of carbonyl (C=O) groups excluding carboxylic acids is 2. The molecule has 0 aromatic heterocycles. The molecule has 0 saturated carbocycles. The van der Waals surface area contributed by atoms with Gasteiger partial charge in [-0.1, -0.05) is 42.5 Å². The number of rotatable bonds is 5. The maximum absolute atomic E-state index is 12.9. The van der Waals surface area contributed by atoms with Crippen molar-refractivity contribution in [3.63, 3.8) is 0 Å². The van der Waals surface area contributed by atoms with Crippen LogP contribution in [-0.2, 0) is 14.3 Å². The topological polar surface area (TPSA) is 46.6 Å². The minimum atomic E-state index is -0.959. The van der Waals surface area contributed by atoms with Gasteiger partial charge in [0.2, 0.25) is 6.10 Å². The van der Waals surface area contributed by atoms with Crippen LogP contribution >= 0.6 is 0 Å². The molecular formula is C21H20FNO3. The fraction of sp³-hybridized carbons (Fsp3) is 0.238. The van der Waals surface area contributed by atoms with Crippen molar-refractivity contribution in [2.24, 2.45) is 0 Å². The summed E-state index contributed by atoms with van der Waals surface area (Å²) in [6.45, 7) is 1.37. The molecular weight excluding hydrogens is 333 g/mol. The van der Waals surface area contributed by atoms with Gasteiger partial charge >= 0.3 is 5.97 Å². The third-order valence-corrected chi connectivity index (χ3v) is 4.26. The summed E-state index contributed by atoms with van der Waals surface area (Å²) in [7, 11) is 0. The normalized spacial score (nSPS) is 15.2. The smallest absolute Gasteiger partial charge is 0.331 e. The molecule has 4 nitrogen and oxygen atoms in total. The Hall–Kier alpha value is -2.95. The molecule has 1 amide bonds. The van der Waals surface area contributed by atoms with Crippen molar-refractivity contribution in [3.05, 3.63) is 77.6 Å². The molecule has 1 aliphatic heterocycles. The number of nitrogens with zero attached hydrogens (tertiary/aromatic N) is 1. The first-order valence-electron chi connectivity index (χ1n) is 8.61. The largest absolute Gasteiger partial charge is 0.444 e. The minimum Gasteiger partial charge on any atom is -0.444 e. The lowest BCUT2D eigenvalue weighted by atomic mass is 10.1. The molecule has 1 aliphatic rings. The van der Waals surface area contributed by atoms with Crippen LogP contribution in [0.4, 0.5) is 4.39 Å². The van der Waals surface area contributed by atoms with Crippen molar-refractivity contribution >= 4 is 18.0 Å². The summed E-state index contributed by atoms with van der Waals surface area (Å²) in [4.78, 5) is 26.7. The summed E-state index contributed by atoms with van der Waals surface area (Å²) < 4.78 is 18.4. The fourth-order valence-electron chi connectivity index (χ4n) is 2.89. The van der Waals surface area contributed by atoms with Gasteiger partial charge in [0.05, 0.1) is 0 Å². The van der Waals surface area contributed by atoms with Crippen molar-refractivity contribution in [1.82, 2.24) is 4.90 Å². The predicted octanol–water partition coefficient (Wildman–Crippen LogP) is 3.75. The Morgan fingerprint density at radius 1 is 1.00 bits per heavy atom. The summed E-state index contributed by atoms with van der Waals surface area (Å²) in [5.41, 5.74) is 1.32. The zero-order chi connectivity index (χ0) is 18.4. The lowest BCUT2D eigenvalue weighted by molar-refractivity contribution is -0.156. The van der Waals surface area contributed by atoms with Crippen molar-refractivity contribution in [2.75, 3.05) is 13.1 Å². The van der Waals surface area contributed by atoms with E-state index in [-0.39, 0.29) is 11.7 Å². The second kappa shape index (κ2) is 8.43. The molecule has 2 aromatic carbocycles. The molecule has 26 heavy (non-hydrogen) atoms. The number of hydrogen-bond acceptors (Lipinski definition) is 3. The van der Waals surface area contributed by atoms with Crippen molar-refractivity contribution < 1.29 is 18.7 Å². The summed E-state index contributed by atoms with van der Waals surface area (Å²) >= 11 is 0. The van der Waals surface area contributed by atoms with Gasteiger partial charge in [0.25, 0.3) is 5.91 Å². The van der Waals surface area contributed by atoms with Gasteiger partial charge in [-0.15, -0.1) is 0 Å². The molecule has 1 saturated heterocycles. The first-order chi connectivity index (χ1) is 12.6. The standard InChI is InChI=1S/C21H20FNO3/c22-18-11-8-16(9-12-18)10-13-19(24)26-20(17-6-2-1-3-7-17)21(25)23-14-4-5-15-23/h1-3,6-13,20H,4-5,14-15H2/b13-10+/t20-/m0/s1. The van der Waals surface area contributed by atoms with Crippen LogP contribution in [-0.4, -0.2) is 29.9 Å². The molecule has 2 aromatic rings. The molecule has 3 rings (SSSR count). The molecule has 0 unspecified atom stereocenters. The van der Waals surface area contributed by atoms with E-state index in [1.165, 1.54) is 24.3 Å². The molecule has 1 atom stereocenters. The molecule has 0 N–H and O–H groups in total. The lowest BCUT2D eigenvalue weighted by Gasteiger charge is -2.23. The number of ether oxygens (including phenoxy) is 1. The third-order valence-electron chi connectivity index (χ3n) is 4.26. The second-order valence-corrected chi connectivity index (χ2v) is 6.14. The Morgan fingerprint density at radius 2 is 1.65 bits per heavy atom. The summed E-state index contributed by atoms with van der Waals surface area (Å²) in [5.74, 6) is -1.15. The minimum absolute atomic E-state index is 0.197. The predicted molar refractivity (Wildman–Crippen MR) is 96.5 cm³/mol. The van der Waals surface area contributed by atoms with Crippen LogP contribution in [0.15, 0.2) is 60.7 Å². The van der Waals surface area contributed by atoms with Gasteiger partial charge in [-0.05, 0) is 36.6 Å². The highest BCUT2D eigenvalue weighted by Crippen LogP contribution is 2.23. The molecule has 134 valence electrons. The van der Waals surface area contributed by atoms with E-state index in [1.807, 2.05) is 18.2 Å². The first kappa shape index (κ1) is 17.9. The Morgan fingerprint density at radius 3 is 2.31 bits per heavy atom. The number of amides is 1. The maximum Gasteiger partial charge on any atom is 0.331 e. The van der Waals surface area contributed by atoms with E-state index in [0.717, 1.165) is 12.8 Å². The Balaban J connectivity index is 1.73. The number of benzene rings is 2. The van der Waals surface area contributed by atoms with E-state index in [2.05, 4.69) is 0 Å². The molecule has 1 heterocycles. The van der Waals surface area contributed by atoms with Gasteiger partial charge in [-0.25, -0.2) is 9.18 Å². The van der Waals surface area contributed by atoms with E-state index >= 15 is 0 Å². The zero-order valence-corrected chi connectivity index (χ0v) is 14.3. The third kappa shape index (κ3) is 4.57. The quantitative estimate of drug-likeness (QED) is 0.608. The van der Waals surface area contributed by atoms with Crippen molar-refractivity contribution in [1.29, 1.82) is 0 Å². The summed E-state index contributed by atoms with van der Waals surface area (Å²) in [5, 5.41) is 0. The molecule has 0 bridgehead atoms. The number of halogens is 1. The van der Waals surface area contributed by atoms with Crippen molar-refractivity contribution in [2.45, 2.75) is 18.9 Å². The summed E-state index contributed by atoms with van der Waals surface area (Å²) in [6, 6.07) is 14.8. The maximum atomic E-state index is 12.9. The average molecular weight is 353 g/mol. The lowest BCUT2D eigenvalue weighted by Crippen LogP contribution is -2.34. The number of esters is 1. The molecule has 0 aliphatic carbocycles. The van der Waals surface area contributed by atoms with Gasteiger partial charge in [0.15, 0.2) is 0 Å². The van der Waals surface area contributed by atoms with Crippen LogP contribution in [0.1, 0.15) is 30.1 Å². The second-order valence-electron chi connectivity index (χ2n) is 6.14. The van der Waals surface area contributed by atoms with E-state index in [9.17, 15) is 14.0 Å². The van der Waals surface area contributed by atoms with Crippen LogP contribution in [0.3, 0.4) is 0 Å². The molecule has 0 spiro atoms. The molecule has 1 fully saturated rings. The van der Waals surface area contributed by atoms with E-state index in [1.54, 1.807) is 29.2 Å². The van der Waals surface area contributed by atoms with Gasteiger partial charge in [-0.3, -0.25) is 4.79 Å². The number of carbonyl (C=O) groups is 2. The van der Waals surface area contributed by atoms with Crippen LogP contribution in [0.25, 0.3) is 6.08 Å². The van der Waals surface area contributed by atoms with E-state index in [0.29, 0.717) is 24.2 Å². The number of likely N-dealkylation sites (tertiary alicyclic amines) is 1. The summed E-state index contributed by atoms with van der Waals surface area (Å²) in [6.07, 6.45) is 3.75. The average Bonchev–Trinajstić information content (AvgIpc) is 3.21. The molecule has 0 radical (unpaired) electrons. The van der Waals surface area contributed by atoms with Gasteiger partial charge in [-0.2, -0.15) is 0 Å². The monoisotopic (exact) mass is 353 g/mol. The van der Waals surface area contributed by atoms with Gasteiger partial charge in [0, 0.05) is 24.7 Å². The Labute approximate surface area is 151 Å². The number of hydrogen-bond donors (Lipinski definition) is 0. The van der Waals surface area contributed by atoms with Gasteiger partial charge < -0.3 is 9.64 Å². The van der Waals surface area contributed by atoms with Crippen LogP contribution < -0.4 is 0 Å². The highest BCUT2D eigenvalue weighted by atomic mass is 19.1. The highest BCUT2D eigenvalue weighted by Gasteiger charge is 2.30. The highest BCUT2D eigenvalue weighted by molar-refractivity contribution is 5.91. The SMILES string of the molecule is O=C(/C=C/c1ccc(F)cc1)O[C@H](C(=O)N1CCCC1)c1ccccc1. The molecule has 5 heteroatoms. The van der Waals surface area contributed by atoms with Crippen molar-refractivity contribution in [3.8, 4) is 0 Å². The van der Waals surface area contributed by atoms with Gasteiger partial charge in [0.1, 0.15) is 5.82 Å². The Bertz CT molecular complexity index is 781. The van der Waals surface area contributed by atoms with E-state index in [4.69, 9.17) is 4.74 Å². The van der Waals surface area contributed by atoms with Crippen LogP contribution in [0, 0.1) is 5.82 Å². The zero-order valence-electron chi connectivity index (χ0n) is 14.3. The van der Waals surface area contributed by atoms with Crippen LogP contribution in [0.5, 0.6) is 0 Å². The first-order valence-corrected chi connectivity index (χ1v) is 8.61. The van der Waals surface area contributed by atoms with E-state index < -0.39 is 12.1 Å². The fourth-order valence-corrected chi connectivity index (χ4v) is 2.89. The Kier molecular flexibility index (Phi) is 5.79.